The number of Topliss-reactive ketones (excluding diaryl/α,β-unsaturated/α-hetero) is 1. The van der Waals surface area contributed by atoms with E-state index in [9.17, 15) is 14.7 Å². The van der Waals surface area contributed by atoms with Gasteiger partial charge in [-0.05, 0) is 48.1 Å². The molecule has 1 unspecified atom stereocenters. The maximum atomic E-state index is 12.5. The minimum Gasteiger partial charge on any atom is -0.493 e. The Balaban J connectivity index is 1.67. The van der Waals surface area contributed by atoms with Gasteiger partial charge in [0.15, 0.2) is 0 Å². The van der Waals surface area contributed by atoms with E-state index in [1.165, 1.54) is 0 Å². The van der Waals surface area contributed by atoms with Crippen LogP contribution >= 0.6 is 12.6 Å². The number of rotatable bonds is 9. The van der Waals surface area contributed by atoms with Crippen LogP contribution < -0.4 is 9.80 Å². The number of fused-ring (bicyclic) bond motifs is 1. The van der Waals surface area contributed by atoms with Crippen LogP contribution in [0.15, 0.2) is 47.4 Å². The van der Waals surface area contributed by atoms with Crippen LogP contribution in [0.3, 0.4) is 0 Å². The molecular weight excluding hydrogens is 438 g/mol. The molecule has 2 aromatic rings. The summed E-state index contributed by atoms with van der Waals surface area (Å²) >= 11 is 4.26. The first-order valence-electron chi connectivity index (χ1n) is 11.1. The minimum absolute atomic E-state index is 0.0493. The summed E-state index contributed by atoms with van der Waals surface area (Å²) in [6, 6.07) is 12.3. The molecule has 1 atom stereocenters. The molecule has 0 saturated heterocycles. The summed E-state index contributed by atoms with van der Waals surface area (Å²) in [5.74, 6) is -0.797. The maximum Gasteiger partial charge on any atom is 0.323 e. The molecule has 1 aliphatic rings. The SMILES string of the molecule is CC(C)(C)CC(O)CC(C)(C)COc1ccc2c(c1)N(OCc1ccc(S)cc1)C(=O)C2=O. The first kappa shape index (κ1) is 25.3. The second-order valence-corrected chi connectivity index (χ2v) is 11.1. The van der Waals surface area contributed by atoms with Gasteiger partial charge < -0.3 is 9.84 Å². The quantitative estimate of drug-likeness (QED) is 0.387. The molecule has 0 spiro atoms. The van der Waals surface area contributed by atoms with Gasteiger partial charge in [-0.2, -0.15) is 5.06 Å². The van der Waals surface area contributed by atoms with Gasteiger partial charge in [-0.1, -0.05) is 46.8 Å². The number of hydrogen-bond donors (Lipinski definition) is 2. The van der Waals surface area contributed by atoms with E-state index in [4.69, 9.17) is 9.57 Å². The molecule has 178 valence electrons. The molecule has 0 fully saturated rings. The van der Waals surface area contributed by atoms with Crippen LogP contribution in [0.2, 0.25) is 0 Å². The van der Waals surface area contributed by atoms with Crippen molar-refractivity contribution in [1.82, 2.24) is 0 Å². The summed E-state index contributed by atoms with van der Waals surface area (Å²) < 4.78 is 6.00. The number of carbonyl (C=O) groups is 2. The average molecular weight is 472 g/mol. The lowest BCUT2D eigenvalue weighted by Gasteiger charge is -2.30. The van der Waals surface area contributed by atoms with Crippen molar-refractivity contribution in [3.8, 4) is 5.75 Å². The summed E-state index contributed by atoms with van der Waals surface area (Å²) in [7, 11) is 0. The van der Waals surface area contributed by atoms with E-state index in [1.54, 1.807) is 18.2 Å². The lowest BCUT2D eigenvalue weighted by Crippen LogP contribution is -2.30. The van der Waals surface area contributed by atoms with E-state index >= 15 is 0 Å². The molecule has 1 heterocycles. The molecule has 7 heteroatoms. The monoisotopic (exact) mass is 471 g/mol. The standard InChI is InChI=1S/C26H33NO5S/c1-25(2,3)13-18(28)14-26(4,5)16-31-19-8-11-21-22(12-19)27(24(30)23(21)29)32-15-17-6-9-20(33)10-7-17/h6-12,18,28,33H,13-16H2,1-5H3. The molecule has 1 N–H and O–H groups in total. The number of nitrogens with zero attached hydrogens (tertiary/aromatic N) is 1. The molecule has 0 bridgehead atoms. The Morgan fingerprint density at radius 3 is 2.30 bits per heavy atom. The molecule has 1 aliphatic heterocycles. The van der Waals surface area contributed by atoms with Gasteiger partial charge in [0.25, 0.3) is 5.78 Å². The third-order valence-corrected chi connectivity index (χ3v) is 5.67. The highest BCUT2D eigenvalue weighted by Gasteiger charge is 2.37. The van der Waals surface area contributed by atoms with Crippen molar-refractivity contribution < 1.29 is 24.3 Å². The number of amides is 1. The number of ether oxygens (including phenoxy) is 1. The first-order chi connectivity index (χ1) is 15.3. The van der Waals surface area contributed by atoms with Gasteiger partial charge in [0.1, 0.15) is 12.4 Å². The highest BCUT2D eigenvalue weighted by molar-refractivity contribution is 7.80. The summed E-state index contributed by atoms with van der Waals surface area (Å²) in [6.45, 7) is 10.9. The van der Waals surface area contributed by atoms with Crippen LogP contribution in [0.5, 0.6) is 5.75 Å². The van der Waals surface area contributed by atoms with E-state index in [0.29, 0.717) is 30.9 Å². The lowest BCUT2D eigenvalue weighted by molar-refractivity contribution is -0.121. The predicted octanol–water partition coefficient (Wildman–Crippen LogP) is 5.23. The second-order valence-electron chi connectivity index (χ2n) is 10.6. The van der Waals surface area contributed by atoms with Gasteiger partial charge in [-0.3, -0.25) is 14.4 Å². The fraction of sp³-hybridized carbons (Fsp3) is 0.462. The Kier molecular flexibility index (Phi) is 7.56. The molecule has 0 saturated carbocycles. The Hall–Kier alpha value is -2.35. The predicted molar refractivity (Wildman–Crippen MR) is 131 cm³/mol. The van der Waals surface area contributed by atoms with Crippen molar-refractivity contribution in [2.24, 2.45) is 10.8 Å². The summed E-state index contributed by atoms with van der Waals surface area (Å²) in [5, 5.41) is 11.5. The number of aliphatic hydroxyl groups excluding tert-OH is 1. The van der Waals surface area contributed by atoms with Gasteiger partial charge in [0, 0.05) is 16.4 Å². The molecule has 0 aromatic heterocycles. The van der Waals surface area contributed by atoms with Crippen LogP contribution in [0.25, 0.3) is 0 Å². The zero-order valence-corrected chi connectivity index (χ0v) is 20.8. The Bertz CT molecular complexity index is 1010. The minimum atomic E-state index is -0.724. The number of ketones is 1. The number of carbonyl (C=O) groups excluding carboxylic acids is 2. The zero-order chi connectivity index (χ0) is 24.4. The highest BCUT2D eigenvalue weighted by Crippen LogP contribution is 2.35. The third kappa shape index (κ3) is 6.82. The van der Waals surface area contributed by atoms with Gasteiger partial charge in [0.2, 0.25) is 0 Å². The van der Waals surface area contributed by atoms with Crippen molar-refractivity contribution in [3.63, 3.8) is 0 Å². The normalized spacial score (nSPS) is 15.1. The number of anilines is 1. The average Bonchev–Trinajstić information content (AvgIpc) is 2.94. The second kappa shape index (κ2) is 9.87. The number of hydrogen-bond acceptors (Lipinski definition) is 6. The number of hydroxylamine groups is 1. The van der Waals surface area contributed by atoms with Gasteiger partial charge in [-0.25, -0.2) is 0 Å². The molecule has 2 aromatic carbocycles. The van der Waals surface area contributed by atoms with Crippen molar-refractivity contribution in [1.29, 1.82) is 0 Å². The van der Waals surface area contributed by atoms with E-state index in [-0.39, 0.29) is 23.0 Å². The van der Waals surface area contributed by atoms with E-state index < -0.39 is 17.8 Å². The topological polar surface area (TPSA) is 76.1 Å². The van der Waals surface area contributed by atoms with E-state index in [2.05, 4.69) is 33.4 Å². The summed E-state index contributed by atoms with van der Waals surface area (Å²) in [4.78, 5) is 31.4. The molecule has 6 nitrogen and oxygen atoms in total. The first-order valence-corrected chi connectivity index (χ1v) is 11.5. The van der Waals surface area contributed by atoms with Crippen molar-refractivity contribution in [2.45, 2.75) is 65.1 Å². The maximum absolute atomic E-state index is 12.5. The summed E-state index contributed by atoms with van der Waals surface area (Å²) in [6.07, 6.45) is 0.897. The fourth-order valence-electron chi connectivity index (χ4n) is 3.89. The largest absolute Gasteiger partial charge is 0.493 e. The Morgan fingerprint density at radius 1 is 1.00 bits per heavy atom. The highest BCUT2D eigenvalue weighted by atomic mass is 32.1. The van der Waals surface area contributed by atoms with E-state index in [1.807, 2.05) is 38.1 Å². The Labute approximate surface area is 201 Å². The van der Waals surface area contributed by atoms with Crippen molar-refractivity contribution in [3.05, 3.63) is 53.6 Å². The number of benzene rings is 2. The van der Waals surface area contributed by atoms with Crippen LogP contribution in [0, 0.1) is 10.8 Å². The molecular formula is C26H33NO5S. The van der Waals surface area contributed by atoms with Crippen LogP contribution in [0.4, 0.5) is 5.69 Å². The lowest BCUT2D eigenvalue weighted by atomic mass is 9.81. The number of thiol groups is 1. The van der Waals surface area contributed by atoms with Crippen LogP contribution in [-0.4, -0.2) is 29.5 Å². The molecule has 3 rings (SSSR count). The van der Waals surface area contributed by atoms with Crippen molar-refractivity contribution in [2.75, 3.05) is 11.7 Å². The molecule has 33 heavy (non-hydrogen) atoms. The molecule has 0 radical (unpaired) electrons. The molecule has 1 amide bonds. The smallest absolute Gasteiger partial charge is 0.323 e. The third-order valence-electron chi connectivity index (χ3n) is 5.37. The van der Waals surface area contributed by atoms with Gasteiger partial charge in [0.05, 0.1) is 24.0 Å². The van der Waals surface area contributed by atoms with Crippen LogP contribution in [-0.2, 0) is 16.2 Å². The van der Waals surface area contributed by atoms with Crippen molar-refractivity contribution >= 4 is 30.0 Å². The van der Waals surface area contributed by atoms with Crippen LogP contribution in [0.1, 0.15) is 63.4 Å². The number of aliphatic hydroxyl groups is 1. The fourth-order valence-corrected chi connectivity index (χ4v) is 4.04. The Morgan fingerprint density at radius 2 is 1.67 bits per heavy atom. The van der Waals surface area contributed by atoms with Gasteiger partial charge in [-0.15, -0.1) is 12.6 Å². The van der Waals surface area contributed by atoms with Gasteiger partial charge >= 0.3 is 5.91 Å². The zero-order valence-electron chi connectivity index (χ0n) is 19.9. The van der Waals surface area contributed by atoms with E-state index in [0.717, 1.165) is 15.5 Å². The molecule has 0 aliphatic carbocycles. The summed E-state index contributed by atoms with van der Waals surface area (Å²) in [5.41, 5.74) is 1.31.